The van der Waals surface area contributed by atoms with Gasteiger partial charge in [-0.05, 0) is 43.7 Å². The number of benzene rings is 2. The van der Waals surface area contributed by atoms with Crippen LogP contribution in [0.15, 0.2) is 36.4 Å². The summed E-state index contributed by atoms with van der Waals surface area (Å²) >= 11 is 11.9. The second-order valence-corrected chi connectivity index (χ2v) is 7.42. The summed E-state index contributed by atoms with van der Waals surface area (Å²) in [7, 11) is 1.56. The Morgan fingerprint density at radius 3 is 2.46 bits per heavy atom. The van der Waals surface area contributed by atoms with Crippen molar-refractivity contribution >= 4 is 52.1 Å². The van der Waals surface area contributed by atoms with Gasteiger partial charge in [-0.3, -0.25) is 9.59 Å². The van der Waals surface area contributed by atoms with Crippen molar-refractivity contribution in [1.82, 2.24) is 0 Å². The number of carbonyl (C=O) groups excluding carboxylic acids is 2. The van der Waals surface area contributed by atoms with Gasteiger partial charge in [0.05, 0.1) is 12.8 Å². The third kappa shape index (κ3) is 4.69. The summed E-state index contributed by atoms with van der Waals surface area (Å²) in [6.07, 6.45) is 1.39. The fourth-order valence-corrected chi connectivity index (χ4v) is 3.61. The second-order valence-electron chi connectivity index (χ2n) is 6.55. The maximum atomic E-state index is 12.5. The number of halogens is 2. The van der Waals surface area contributed by atoms with Crippen LogP contribution in [-0.4, -0.2) is 31.5 Å². The van der Waals surface area contributed by atoms with Gasteiger partial charge < -0.3 is 20.3 Å². The van der Waals surface area contributed by atoms with Gasteiger partial charge in [-0.25, -0.2) is 0 Å². The van der Waals surface area contributed by atoms with Gasteiger partial charge in [0.25, 0.3) is 0 Å². The van der Waals surface area contributed by atoms with Crippen LogP contribution in [0.25, 0.3) is 0 Å². The molecule has 0 aliphatic carbocycles. The number of hydrogen-bond donors (Lipinski definition) is 2. The monoisotopic (exact) mass is 421 g/mol. The van der Waals surface area contributed by atoms with Gasteiger partial charge in [-0.2, -0.15) is 0 Å². The van der Waals surface area contributed by atoms with Crippen molar-refractivity contribution in [3.63, 3.8) is 0 Å². The standard InChI is InChI=1S/C20H21Cl2N3O3/c1-12(20(27)24-16-9-13(21)8-14(22)10-16)23-15-5-6-17(18(11-15)28-2)25-7-3-4-19(25)26/h5-6,8-12,23H,3-4,7H2,1-2H3,(H,24,27)/t12-/m0/s1. The summed E-state index contributed by atoms with van der Waals surface area (Å²) in [5.41, 5.74) is 1.97. The number of amides is 2. The first kappa shape index (κ1) is 20.3. The molecule has 1 fully saturated rings. The molecule has 0 spiro atoms. The fraction of sp³-hybridized carbons (Fsp3) is 0.300. The average molecular weight is 422 g/mol. The lowest BCUT2D eigenvalue weighted by molar-refractivity contribution is -0.117. The molecule has 0 saturated carbocycles. The highest BCUT2D eigenvalue weighted by Crippen LogP contribution is 2.34. The molecule has 148 valence electrons. The minimum Gasteiger partial charge on any atom is -0.494 e. The van der Waals surface area contributed by atoms with Gasteiger partial charge in [0.2, 0.25) is 11.8 Å². The fourth-order valence-electron chi connectivity index (χ4n) is 3.09. The molecule has 0 radical (unpaired) electrons. The molecule has 3 rings (SSSR count). The minimum atomic E-state index is -0.526. The zero-order valence-electron chi connectivity index (χ0n) is 15.6. The van der Waals surface area contributed by atoms with Gasteiger partial charge in [-0.15, -0.1) is 0 Å². The van der Waals surface area contributed by atoms with Crippen LogP contribution in [0.2, 0.25) is 10.0 Å². The van der Waals surface area contributed by atoms with Gasteiger partial charge >= 0.3 is 0 Å². The molecular weight excluding hydrogens is 401 g/mol. The molecule has 28 heavy (non-hydrogen) atoms. The smallest absolute Gasteiger partial charge is 0.246 e. The van der Waals surface area contributed by atoms with Gasteiger partial charge in [-0.1, -0.05) is 23.2 Å². The summed E-state index contributed by atoms with van der Waals surface area (Å²) in [5.74, 6) is 0.428. The molecule has 2 aromatic carbocycles. The SMILES string of the molecule is COc1cc(N[C@@H](C)C(=O)Nc2cc(Cl)cc(Cl)c2)ccc1N1CCCC1=O. The van der Waals surface area contributed by atoms with Crippen molar-refractivity contribution in [3.05, 3.63) is 46.4 Å². The molecule has 1 atom stereocenters. The largest absolute Gasteiger partial charge is 0.494 e. The predicted octanol–water partition coefficient (Wildman–Crippen LogP) is 4.57. The number of rotatable bonds is 6. The van der Waals surface area contributed by atoms with Gasteiger partial charge in [0, 0.05) is 40.5 Å². The lowest BCUT2D eigenvalue weighted by Crippen LogP contribution is -2.32. The van der Waals surface area contributed by atoms with Crippen LogP contribution in [0.3, 0.4) is 0 Å². The molecule has 0 bridgehead atoms. The minimum absolute atomic E-state index is 0.0898. The maximum absolute atomic E-state index is 12.5. The summed E-state index contributed by atoms with van der Waals surface area (Å²) in [5, 5.41) is 6.80. The molecule has 1 saturated heterocycles. The highest BCUT2D eigenvalue weighted by atomic mass is 35.5. The summed E-state index contributed by atoms with van der Waals surface area (Å²) in [4.78, 5) is 26.2. The Morgan fingerprint density at radius 1 is 1.14 bits per heavy atom. The van der Waals surface area contributed by atoms with E-state index < -0.39 is 6.04 Å². The zero-order valence-corrected chi connectivity index (χ0v) is 17.1. The molecule has 1 aliphatic rings. The number of carbonyl (C=O) groups is 2. The lowest BCUT2D eigenvalue weighted by atomic mass is 10.2. The Kier molecular flexibility index (Phi) is 6.31. The molecule has 6 nitrogen and oxygen atoms in total. The van der Waals surface area contributed by atoms with Crippen LogP contribution < -0.4 is 20.3 Å². The van der Waals surface area contributed by atoms with E-state index in [4.69, 9.17) is 27.9 Å². The molecule has 1 aliphatic heterocycles. The van der Waals surface area contributed by atoms with E-state index in [1.807, 2.05) is 12.1 Å². The molecule has 0 aromatic heterocycles. The van der Waals surface area contributed by atoms with Crippen molar-refractivity contribution in [2.45, 2.75) is 25.8 Å². The molecule has 1 heterocycles. The van der Waals surface area contributed by atoms with Gasteiger partial charge in [0.1, 0.15) is 11.8 Å². The van der Waals surface area contributed by atoms with E-state index in [0.29, 0.717) is 40.1 Å². The van der Waals surface area contributed by atoms with Crippen molar-refractivity contribution in [2.24, 2.45) is 0 Å². The summed E-state index contributed by atoms with van der Waals surface area (Å²) < 4.78 is 5.45. The molecule has 0 unspecified atom stereocenters. The first-order chi connectivity index (χ1) is 13.4. The van der Waals surface area contributed by atoms with Crippen LogP contribution in [0.5, 0.6) is 5.75 Å². The first-order valence-corrected chi connectivity index (χ1v) is 9.65. The molecule has 2 amide bonds. The summed E-state index contributed by atoms with van der Waals surface area (Å²) in [6.45, 7) is 2.43. The molecule has 2 N–H and O–H groups in total. The normalized spacial score (nSPS) is 14.7. The van der Waals surface area contributed by atoms with Crippen LogP contribution in [0.1, 0.15) is 19.8 Å². The summed E-state index contributed by atoms with van der Waals surface area (Å²) in [6, 6.07) is 9.75. The highest BCUT2D eigenvalue weighted by molar-refractivity contribution is 6.35. The molecule has 8 heteroatoms. The Bertz CT molecular complexity index is 884. The Morgan fingerprint density at radius 2 is 1.86 bits per heavy atom. The van der Waals surface area contributed by atoms with Crippen LogP contribution in [-0.2, 0) is 9.59 Å². The zero-order chi connectivity index (χ0) is 20.3. The first-order valence-electron chi connectivity index (χ1n) is 8.89. The van der Waals surface area contributed by atoms with E-state index in [-0.39, 0.29) is 11.8 Å². The van der Waals surface area contributed by atoms with Crippen molar-refractivity contribution in [3.8, 4) is 5.75 Å². The number of methoxy groups -OCH3 is 1. The van der Waals surface area contributed by atoms with Crippen LogP contribution in [0.4, 0.5) is 17.1 Å². The number of nitrogens with one attached hydrogen (secondary N) is 2. The Labute approximate surface area is 173 Å². The van der Waals surface area contributed by atoms with Crippen LogP contribution >= 0.6 is 23.2 Å². The van der Waals surface area contributed by atoms with E-state index in [1.54, 1.807) is 43.2 Å². The Hall–Kier alpha value is -2.44. The predicted molar refractivity (Wildman–Crippen MR) is 113 cm³/mol. The van der Waals surface area contributed by atoms with E-state index in [0.717, 1.165) is 12.1 Å². The van der Waals surface area contributed by atoms with Crippen LogP contribution in [0, 0.1) is 0 Å². The lowest BCUT2D eigenvalue weighted by Gasteiger charge is -2.21. The number of hydrogen-bond acceptors (Lipinski definition) is 4. The number of anilines is 3. The maximum Gasteiger partial charge on any atom is 0.246 e. The average Bonchev–Trinajstić information content (AvgIpc) is 3.06. The number of nitrogens with zero attached hydrogens (tertiary/aromatic N) is 1. The highest BCUT2D eigenvalue weighted by Gasteiger charge is 2.24. The number of ether oxygens (including phenoxy) is 1. The third-order valence-electron chi connectivity index (χ3n) is 4.45. The van der Waals surface area contributed by atoms with Crippen molar-refractivity contribution in [2.75, 3.05) is 29.2 Å². The second kappa shape index (κ2) is 8.71. The molecular formula is C20H21Cl2N3O3. The Balaban J connectivity index is 1.70. The van der Waals surface area contributed by atoms with E-state index >= 15 is 0 Å². The molecule has 2 aromatic rings. The van der Waals surface area contributed by atoms with Crippen molar-refractivity contribution < 1.29 is 14.3 Å². The third-order valence-corrected chi connectivity index (χ3v) is 4.89. The quantitative estimate of drug-likeness (QED) is 0.716. The van der Waals surface area contributed by atoms with E-state index in [9.17, 15) is 9.59 Å². The van der Waals surface area contributed by atoms with E-state index in [2.05, 4.69) is 10.6 Å². The van der Waals surface area contributed by atoms with Crippen molar-refractivity contribution in [1.29, 1.82) is 0 Å². The van der Waals surface area contributed by atoms with Gasteiger partial charge in [0.15, 0.2) is 0 Å². The van der Waals surface area contributed by atoms with E-state index in [1.165, 1.54) is 0 Å². The topological polar surface area (TPSA) is 70.7 Å².